The maximum Gasteiger partial charge on any atom is 0.314 e. The van der Waals surface area contributed by atoms with Gasteiger partial charge >= 0.3 is 6.03 Å². The third-order valence-corrected chi connectivity index (χ3v) is 4.43. The number of amides is 2. The van der Waals surface area contributed by atoms with Gasteiger partial charge < -0.3 is 15.5 Å². The van der Waals surface area contributed by atoms with Gasteiger partial charge in [-0.25, -0.2) is 17.9 Å². The summed E-state index contributed by atoms with van der Waals surface area (Å²) in [6, 6.07) is 3.82. The molecule has 1 aromatic heterocycles. The lowest BCUT2D eigenvalue weighted by Gasteiger charge is -2.23. The molecule has 0 bridgehead atoms. The first kappa shape index (κ1) is 17.9. The average molecular weight is 334 g/mol. The molecule has 1 rings (SSSR count). The first-order chi connectivity index (χ1) is 9.79. The highest BCUT2D eigenvalue weighted by Crippen LogP contribution is 2.22. The molecule has 0 aliphatic heterocycles. The van der Waals surface area contributed by atoms with Crippen molar-refractivity contribution in [2.75, 3.05) is 40.0 Å². The number of nitrogens with zero attached hydrogens (tertiary/aromatic N) is 1. The molecule has 1 aromatic rings. The van der Waals surface area contributed by atoms with Crippen molar-refractivity contribution in [2.24, 2.45) is 0 Å². The van der Waals surface area contributed by atoms with Gasteiger partial charge in [0, 0.05) is 24.5 Å². The molecule has 1 unspecified atom stereocenters. The topological polar surface area (TPSA) is 90.5 Å². The summed E-state index contributed by atoms with van der Waals surface area (Å²) in [5, 5.41) is 7.39. The minimum atomic E-state index is -3.22. The minimum absolute atomic E-state index is 0.116. The van der Waals surface area contributed by atoms with Gasteiger partial charge in [0.2, 0.25) is 10.0 Å². The summed E-state index contributed by atoms with van der Waals surface area (Å²) in [4.78, 5) is 14.9. The van der Waals surface area contributed by atoms with E-state index < -0.39 is 10.0 Å². The zero-order valence-electron chi connectivity index (χ0n) is 12.4. The van der Waals surface area contributed by atoms with E-state index in [0.717, 1.165) is 6.26 Å². The molecular formula is C12H22N4O3S2. The summed E-state index contributed by atoms with van der Waals surface area (Å²) in [6.45, 7) is 0.900. The monoisotopic (exact) mass is 334 g/mol. The molecule has 9 heteroatoms. The van der Waals surface area contributed by atoms with Crippen molar-refractivity contribution >= 4 is 27.4 Å². The Hall–Kier alpha value is -1.16. The Morgan fingerprint density at radius 3 is 2.57 bits per heavy atom. The van der Waals surface area contributed by atoms with Gasteiger partial charge in [0.15, 0.2) is 0 Å². The van der Waals surface area contributed by atoms with Crippen molar-refractivity contribution < 1.29 is 13.2 Å². The Bertz CT molecular complexity index is 529. The van der Waals surface area contributed by atoms with Crippen molar-refractivity contribution in [1.82, 2.24) is 20.3 Å². The van der Waals surface area contributed by atoms with Crippen LogP contribution in [0.2, 0.25) is 0 Å². The van der Waals surface area contributed by atoms with Crippen molar-refractivity contribution in [2.45, 2.75) is 6.04 Å². The highest BCUT2D eigenvalue weighted by atomic mass is 32.2. The molecule has 0 radical (unpaired) electrons. The second-order valence-corrected chi connectivity index (χ2v) is 7.61. The van der Waals surface area contributed by atoms with Gasteiger partial charge in [-0.05, 0) is 25.5 Å². The zero-order valence-corrected chi connectivity index (χ0v) is 14.1. The number of thiophene rings is 1. The number of sulfonamides is 1. The van der Waals surface area contributed by atoms with Crippen molar-refractivity contribution in [3.05, 3.63) is 22.4 Å². The highest BCUT2D eigenvalue weighted by Gasteiger charge is 2.15. The Labute approximate surface area is 129 Å². The first-order valence-electron chi connectivity index (χ1n) is 6.46. The van der Waals surface area contributed by atoms with Crippen LogP contribution < -0.4 is 15.4 Å². The summed E-state index contributed by atoms with van der Waals surface area (Å²) in [6.07, 6.45) is 1.08. The molecule has 21 heavy (non-hydrogen) atoms. The Kier molecular flexibility index (Phi) is 7.09. The fraction of sp³-hybridized carbons (Fsp3) is 0.583. The summed E-state index contributed by atoms with van der Waals surface area (Å²) in [5.41, 5.74) is 0. The number of rotatable bonds is 8. The zero-order chi connectivity index (χ0) is 15.9. The van der Waals surface area contributed by atoms with Crippen LogP contribution in [-0.2, 0) is 10.0 Å². The molecule has 0 aromatic carbocycles. The van der Waals surface area contributed by atoms with Crippen molar-refractivity contribution in [3.8, 4) is 0 Å². The number of nitrogens with one attached hydrogen (secondary N) is 3. The molecule has 7 nitrogen and oxygen atoms in total. The standard InChI is InChI=1S/C12H22N4O3S2/c1-16(2)10(11-5-4-8-20-11)9-14-12(17)13-6-7-15-21(3,18)19/h4-5,8,10,15H,6-7,9H2,1-3H3,(H2,13,14,17). The molecular weight excluding hydrogens is 312 g/mol. The number of hydrogen-bond donors (Lipinski definition) is 3. The largest absolute Gasteiger partial charge is 0.337 e. The van der Waals surface area contributed by atoms with Crippen LogP contribution in [0.25, 0.3) is 0 Å². The Morgan fingerprint density at radius 1 is 1.33 bits per heavy atom. The highest BCUT2D eigenvalue weighted by molar-refractivity contribution is 7.88. The number of urea groups is 1. The van der Waals surface area contributed by atoms with E-state index in [2.05, 4.69) is 15.4 Å². The first-order valence-corrected chi connectivity index (χ1v) is 9.23. The van der Waals surface area contributed by atoms with Crippen LogP contribution >= 0.6 is 11.3 Å². The second-order valence-electron chi connectivity index (χ2n) is 4.80. The predicted molar refractivity (Wildman–Crippen MR) is 85.0 cm³/mol. The number of carbonyl (C=O) groups excluding carboxylic acids is 1. The Balaban J connectivity index is 2.31. The quantitative estimate of drug-likeness (QED) is 0.592. The fourth-order valence-corrected chi connectivity index (χ4v) is 3.08. The van der Waals surface area contributed by atoms with E-state index in [1.165, 1.54) is 4.88 Å². The van der Waals surface area contributed by atoms with E-state index in [-0.39, 0.29) is 25.2 Å². The molecule has 0 aliphatic rings. The van der Waals surface area contributed by atoms with Gasteiger partial charge in [-0.15, -0.1) is 11.3 Å². The van der Waals surface area contributed by atoms with Gasteiger partial charge in [-0.2, -0.15) is 0 Å². The molecule has 0 fully saturated rings. The average Bonchev–Trinajstić information content (AvgIpc) is 2.87. The molecule has 1 atom stereocenters. The van der Waals surface area contributed by atoms with Gasteiger partial charge in [-0.1, -0.05) is 6.07 Å². The number of likely N-dealkylation sites (N-methyl/N-ethyl adjacent to an activating group) is 1. The van der Waals surface area contributed by atoms with Gasteiger partial charge in [-0.3, -0.25) is 0 Å². The van der Waals surface area contributed by atoms with Crippen LogP contribution in [-0.4, -0.2) is 59.3 Å². The summed E-state index contributed by atoms with van der Waals surface area (Å²) < 4.78 is 24.0. The molecule has 2 amide bonds. The van der Waals surface area contributed by atoms with Gasteiger partial charge in [0.05, 0.1) is 12.3 Å². The second kappa shape index (κ2) is 8.32. The Morgan fingerprint density at radius 2 is 2.05 bits per heavy atom. The molecule has 120 valence electrons. The maximum atomic E-state index is 11.6. The smallest absolute Gasteiger partial charge is 0.314 e. The maximum absolute atomic E-state index is 11.6. The summed E-state index contributed by atoms with van der Waals surface area (Å²) >= 11 is 1.65. The van der Waals surface area contributed by atoms with Gasteiger partial charge in [0.1, 0.15) is 0 Å². The minimum Gasteiger partial charge on any atom is -0.337 e. The molecule has 1 heterocycles. The van der Waals surface area contributed by atoms with Crippen LogP contribution in [0.5, 0.6) is 0 Å². The third kappa shape index (κ3) is 7.42. The van der Waals surface area contributed by atoms with Gasteiger partial charge in [0.25, 0.3) is 0 Å². The molecule has 0 saturated carbocycles. The SMILES string of the molecule is CN(C)C(CNC(=O)NCCNS(C)(=O)=O)c1cccs1. The lowest BCUT2D eigenvalue weighted by Crippen LogP contribution is -2.42. The fourth-order valence-electron chi connectivity index (χ4n) is 1.68. The van der Waals surface area contributed by atoms with Crippen molar-refractivity contribution in [1.29, 1.82) is 0 Å². The van der Waals surface area contributed by atoms with Crippen molar-refractivity contribution in [3.63, 3.8) is 0 Å². The van der Waals surface area contributed by atoms with Crippen LogP contribution in [0.15, 0.2) is 17.5 Å². The lowest BCUT2D eigenvalue weighted by atomic mass is 10.2. The van der Waals surface area contributed by atoms with E-state index >= 15 is 0 Å². The van der Waals surface area contributed by atoms with E-state index in [0.29, 0.717) is 6.54 Å². The van der Waals surface area contributed by atoms with E-state index in [1.54, 1.807) is 11.3 Å². The molecule has 0 saturated heterocycles. The van der Waals surface area contributed by atoms with Crippen LogP contribution in [0.1, 0.15) is 10.9 Å². The summed E-state index contributed by atoms with van der Waals surface area (Å²) in [5.74, 6) is 0. The number of hydrogen-bond acceptors (Lipinski definition) is 5. The normalized spacial score (nSPS) is 13.1. The lowest BCUT2D eigenvalue weighted by molar-refractivity contribution is 0.233. The number of carbonyl (C=O) groups is 1. The predicted octanol–water partition coefficient (Wildman–Crippen LogP) is 0.199. The van der Waals surface area contributed by atoms with E-state index in [1.807, 2.05) is 36.5 Å². The van der Waals surface area contributed by atoms with E-state index in [9.17, 15) is 13.2 Å². The van der Waals surface area contributed by atoms with Crippen LogP contribution in [0, 0.1) is 0 Å². The van der Waals surface area contributed by atoms with Crippen LogP contribution in [0.3, 0.4) is 0 Å². The third-order valence-electron chi connectivity index (χ3n) is 2.73. The van der Waals surface area contributed by atoms with Crippen LogP contribution in [0.4, 0.5) is 4.79 Å². The molecule has 0 spiro atoms. The van der Waals surface area contributed by atoms with E-state index in [4.69, 9.17) is 0 Å². The molecule has 3 N–H and O–H groups in total. The molecule has 0 aliphatic carbocycles. The summed E-state index contributed by atoms with van der Waals surface area (Å²) in [7, 11) is 0.701.